The summed E-state index contributed by atoms with van der Waals surface area (Å²) < 4.78 is 32.3. The Labute approximate surface area is 187 Å². The van der Waals surface area contributed by atoms with Crippen molar-refractivity contribution in [2.24, 2.45) is 0 Å². The number of nitrogens with zero attached hydrogens (tertiary/aromatic N) is 2. The number of halogens is 1. The van der Waals surface area contributed by atoms with Crippen molar-refractivity contribution in [1.82, 2.24) is 4.31 Å². The summed E-state index contributed by atoms with van der Waals surface area (Å²) in [6, 6.07) is 11.5. The van der Waals surface area contributed by atoms with Crippen LogP contribution < -0.4 is 4.90 Å². The summed E-state index contributed by atoms with van der Waals surface area (Å²) in [6.07, 6.45) is -0.288. The topological polar surface area (TPSA) is 84.0 Å². The summed E-state index contributed by atoms with van der Waals surface area (Å²) >= 11 is 6.11. The highest BCUT2D eigenvalue weighted by Gasteiger charge is 2.31. The molecule has 166 valence electrons. The van der Waals surface area contributed by atoms with Gasteiger partial charge in [-0.1, -0.05) is 43.6 Å². The van der Waals surface area contributed by atoms with Gasteiger partial charge in [-0.25, -0.2) is 13.2 Å². The van der Waals surface area contributed by atoms with Gasteiger partial charge in [0.2, 0.25) is 10.0 Å². The van der Waals surface area contributed by atoms with E-state index >= 15 is 0 Å². The van der Waals surface area contributed by atoms with Crippen LogP contribution in [0.1, 0.15) is 36.7 Å². The Morgan fingerprint density at radius 3 is 2.52 bits per heavy atom. The number of fused-ring (bicyclic) bond motifs is 1. The minimum Gasteiger partial charge on any atom is -0.449 e. The number of carbonyl (C=O) groups is 2. The summed E-state index contributed by atoms with van der Waals surface area (Å²) in [5, 5.41) is 0.0150. The number of carbonyl (C=O) groups excluding carboxylic acids is 2. The van der Waals surface area contributed by atoms with E-state index in [0.717, 1.165) is 17.7 Å². The number of amides is 1. The third kappa shape index (κ3) is 4.61. The van der Waals surface area contributed by atoms with Crippen LogP contribution in [0.5, 0.6) is 0 Å². The predicted octanol–water partition coefficient (Wildman–Crippen LogP) is 3.51. The molecule has 0 bridgehead atoms. The van der Waals surface area contributed by atoms with Gasteiger partial charge >= 0.3 is 5.97 Å². The zero-order chi connectivity index (χ0) is 22.8. The molecule has 1 atom stereocenters. The maximum Gasteiger partial charge on any atom is 0.338 e. The normalized spacial score (nSPS) is 14.4. The molecule has 0 radical (unpaired) electrons. The molecule has 2 aromatic carbocycles. The Kier molecular flexibility index (Phi) is 7.03. The number of sulfonamides is 1. The van der Waals surface area contributed by atoms with E-state index in [1.165, 1.54) is 29.4 Å². The molecule has 31 heavy (non-hydrogen) atoms. The van der Waals surface area contributed by atoms with Gasteiger partial charge in [-0.2, -0.15) is 4.31 Å². The van der Waals surface area contributed by atoms with Crippen LogP contribution in [0.25, 0.3) is 0 Å². The number of ether oxygens (including phenoxy) is 1. The second kappa shape index (κ2) is 9.38. The van der Waals surface area contributed by atoms with Gasteiger partial charge in [0, 0.05) is 25.3 Å². The van der Waals surface area contributed by atoms with E-state index in [0.29, 0.717) is 6.54 Å². The first-order chi connectivity index (χ1) is 14.7. The first kappa shape index (κ1) is 23.2. The molecule has 1 amide bonds. The molecule has 0 fully saturated rings. The van der Waals surface area contributed by atoms with Crippen molar-refractivity contribution >= 4 is 39.2 Å². The average Bonchev–Trinajstić information content (AvgIpc) is 3.18. The van der Waals surface area contributed by atoms with Crippen LogP contribution in [0.2, 0.25) is 5.02 Å². The molecule has 3 rings (SSSR count). The lowest BCUT2D eigenvalue weighted by Gasteiger charge is -2.22. The summed E-state index contributed by atoms with van der Waals surface area (Å²) in [6.45, 7) is 6.00. The fourth-order valence-electron chi connectivity index (χ4n) is 3.60. The largest absolute Gasteiger partial charge is 0.449 e. The Bertz CT molecular complexity index is 1100. The molecule has 9 heteroatoms. The molecule has 0 aromatic heterocycles. The maximum absolute atomic E-state index is 12.8. The number of para-hydroxylation sites is 1. The predicted molar refractivity (Wildman–Crippen MR) is 119 cm³/mol. The lowest BCUT2D eigenvalue weighted by molar-refractivity contribution is -0.126. The molecule has 7 nitrogen and oxygen atoms in total. The Balaban J connectivity index is 1.79. The van der Waals surface area contributed by atoms with Crippen molar-refractivity contribution in [3.05, 3.63) is 58.6 Å². The number of hydrogen-bond acceptors (Lipinski definition) is 5. The molecule has 1 aliphatic rings. The van der Waals surface area contributed by atoms with Gasteiger partial charge in [-0.05, 0) is 43.2 Å². The Morgan fingerprint density at radius 1 is 1.16 bits per heavy atom. The molecule has 0 unspecified atom stereocenters. The van der Waals surface area contributed by atoms with Gasteiger partial charge in [0.1, 0.15) is 4.90 Å². The zero-order valence-electron chi connectivity index (χ0n) is 17.7. The van der Waals surface area contributed by atoms with Crippen LogP contribution in [0, 0.1) is 0 Å². The van der Waals surface area contributed by atoms with Crippen LogP contribution in [-0.4, -0.2) is 50.3 Å². The average molecular weight is 465 g/mol. The molecular formula is C22H25ClN2O5S. The van der Waals surface area contributed by atoms with Crippen LogP contribution in [0.15, 0.2) is 47.4 Å². The molecule has 1 aliphatic heterocycles. The van der Waals surface area contributed by atoms with Gasteiger partial charge < -0.3 is 9.64 Å². The minimum absolute atomic E-state index is 0.0107. The van der Waals surface area contributed by atoms with E-state index in [-0.39, 0.29) is 34.5 Å². The first-order valence-electron chi connectivity index (χ1n) is 10.1. The number of anilines is 1. The SMILES string of the molecule is CCN(CC)S(=O)(=O)c1cc(C(=O)O[C@@H](C)C(=O)N2CCc3ccccc32)ccc1Cl. The highest BCUT2D eigenvalue weighted by molar-refractivity contribution is 7.89. The monoisotopic (exact) mass is 464 g/mol. The lowest BCUT2D eigenvalue weighted by atomic mass is 10.2. The van der Waals surface area contributed by atoms with Crippen molar-refractivity contribution in [2.75, 3.05) is 24.5 Å². The number of rotatable bonds is 7. The molecule has 0 N–H and O–H groups in total. The molecule has 0 aliphatic carbocycles. The van der Waals surface area contributed by atoms with E-state index in [4.69, 9.17) is 16.3 Å². The fraction of sp³-hybridized carbons (Fsp3) is 0.364. The summed E-state index contributed by atoms with van der Waals surface area (Å²) in [5.74, 6) is -1.12. The maximum atomic E-state index is 12.8. The second-order valence-corrected chi connectivity index (χ2v) is 9.46. The summed E-state index contributed by atoms with van der Waals surface area (Å²) in [5.41, 5.74) is 1.89. The Morgan fingerprint density at radius 2 is 1.84 bits per heavy atom. The van der Waals surface area contributed by atoms with Crippen molar-refractivity contribution in [3.63, 3.8) is 0 Å². The van der Waals surface area contributed by atoms with Gasteiger partial charge in [0.15, 0.2) is 6.10 Å². The molecule has 2 aromatic rings. The molecule has 0 saturated heterocycles. The lowest BCUT2D eigenvalue weighted by Crippen LogP contribution is -2.39. The molecule has 1 heterocycles. The van der Waals surface area contributed by atoms with E-state index in [1.54, 1.807) is 18.7 Å². The van der Waals surface area contributed by atoms with Crippen LogP contribution in [-0.2, 0) is 26.0 Å². The van der Waals surface area contributed by atoms with E-state index in [1.807, 2.05) is 24.3 Å². The van der Waals surface area contributed by atoms with Crippen molar-refractivity contribution in [1.29, 1.82) is 0 Å². The number of hydrogen-bond donors (Lipinski definition) is 0. The number of esters is 1. The standard InChI is InChI=1S/C22H25ClN2O5S/c1-4-24(5-2)31(28,29)20-14-17(10-11-18(20)23)22(27)30-15(3)21(26)25-13-12-16-8-6-7-9-19(16)25/h6-11,14-15H,4-5,12-13H2,1-3H3/t15-/m0/s1. The Hall–Kier alpha value is -2.42. The highest BCUT2D eigenvalue weighted by Crippen LogP contribution is 2.29. The van der Waals surface area contributed by atoms with E-state index in [9.17, 15) is 18.0 Å². The van der Waals surface area contributed by atoms with E-state index < -0.39 is 22.1 Å². The van der Waals surface area contributed by atoms with E-state index in [2.05, 4.69) is 0 Å². The fourth-order valence-corrected chi connectivity index (χ4v) is 5.55. The summed E-state index contributed by atoms with van der Waals surface area (Å²) in [4.78, 5) is 27.0. The smallest absolute Gasteiger partial charge is 0.338 e. The molecular weight excluding hydrogens is 440 g/mol. The first-order valence-corrected chi connectivity index (χ1v) is 11.9. The van der Waals surface area contributed by atoms with Crippen LogP contribution in [0.4, 0.5) is 5.69 Å². The van der Waals surface area contributed by atoms with Crippen LogP contribution >= 0.6 is 11.6 Å². The molecule has 0 spiro atoms. The van der Waals surface area contributed by atoms with Crippen molar-refractivity contribution < 1.29 is 22.7 Å². The van der Waals surface area contributed by atoms with Crippen molar-refractivity contribution in [2.45, 2.75) is 38.2 Å². The third-order valence-corrected chi connectivity index (χ3v) is 7.81. The zero-order valence-corrected chi connectivity index (χ0v) is 19.2. The van der Waals surface area contributed by atoms with Gasteiger partial charge in [0.05, 0.1) is 10.6 Å². The van der Waals surface area contributed by atoms with Crippen molar-refractivity contribution in [3.8, 4) is 0 Å². The van der Waals surface area contributed by atoms with Gasteiger partial charge in [-0.3, -0.25) is 4.79 Å². The molecule has 0 saturated carbocycles. The summed E-state index contributed by atoms with van der Waals surface area (Å²) in [7, 11) is -3.86. The minimum atomic E-state index is -3.86. The van der Waals surface area contributed by atoms with Gasteiger partial charge in [-0.15, -0.1) is 0 Å². The third-order valence-electron chi connectivity index (χ3n) is 5.27. The second-order valence-electron chi connectivity index (χ2n) is 7.15. The van der Waals surface area contributed by atoms with Crippen LogP contribution in [0.3, 0.4) is 0 Å². The van der Waals surface area contributed by atoms with Gasteiger partial charge in [0.25, 0.3) is 5.91 Å². The quantitative estimate of drug-likeness (QED) is 0.585. The highest BCUT2D eigenvalue weighted by atomic mass is 35.5. The number of benzene rings is 2.